The lowest BCUT2D eigenvalue weighted by Gasteiger charge is -2.31. The molecule has 3 heteroatoms. The minimum absolute atomic E-state index is 0.0457. The molecule has 1 aromatic rings. The van der Waals surface area contributed by atoms with Gasteiger partial charge in [-0.2, -0.15) is 0 Å². The normalized spacial score (nSPS) is 20.7. The number of carbonyl (C=O) groups excluding carboxylic acids is 2. The van der Waals surface area contributed by atoms with Crippen molar-refractivity contribution in [2.45, 2.75) is 32.1 Å². The van der Waals surface area contributed by atoms with Crippen LogP contribution in [0.2, 0.25) is 0 Å². The highest BCUT2D eigenvalue weighted by molar-refractivity contribution is 6.52. The third-order valence-corrected chi connectivity index (χ3v) is 4.88. The molecule has 1 saturated carbocycles. The van der Waals surface area contributed by atoms with Crippen LogP contribution in [0.3, 0.4) is 0 Å². The van der Waals surface area contributed by atoms with E-state index in [1.807, 2.05) is 0 Å². The average Bonchev–Trinajstić information content (AvgIpc) is 2.57. The van der Waals surface area contributed by atoms with Gasteiger partial charge in [0.05, 0.1) is 5.57 Å². The zero-order chi connectivity index (χ0) is 15.7. The first-order valence-electron chi connectivity index (χ1n) is 7.89. The largest absolute Gasteiger partial charge is 0.507 e. The molecule has 2 aliphatic rings. The second kappa shape index (κ2) is 5.91. The summed E-state index contributed by atoms with van der Waals surface area (Å²) in [5.74, 6) is -1.11. The van der Waals surface area contributed by atoms with Crippen LogP contribution < -0.4 is 0 Å². The van der Waals surface area contributed by atoms with Crippen molar-refractivity contribution in [1.82, 2.24) is 0 Å². The summed E-state index contributed by atoms with van der Waals surface area (Å²) in [7, 11) is 0. The number of allylic oxidation sites excluding steroid dienone is 2. The lowest BCUT2D eigenvalue weighted by atomic mass is 9.72. The van der Waals surface area contributed by atoms with Crippen LogP contribution in [-0.4, -0.2) is 16.7 Å². The maximum atomic E-state index is 12.5. The molecule has 0 spiro atoms. The fourth-order valence-electron chi connectivity index (χ4n) is 3.73. The van der Waals surface area contributed by atoms with Gasteiger partial charge in [0.1, 0.15) is 5.76 Å². The van der Waals surface area contributed by atoms with E-state index in [1.54, 1.807) is 30.3 Å². The summed E-state index contributed by atoms with van der Waals surface area (Å²) in [4.78, 5) is 24.9. The fourth-order valence-corrected chi connectivity index (χ4v) is 3.73. The monoisotopic (exact) mass is 296 g/mol. The number of hydrogen-bond donors (Lipinski definition) is 1. The smallest absolute Gasteiger partial charge is 0.234 e. The first-order chi connectivity index (χ1) is 10.6. The molecule has 0 heterocycles. The van der Waals surface area contributed by atoms with E-state index in [4.69, 9.17) is 0 Å². The predicted octanol–water partition coefficient (Wildman–Crippen LogP) is 4.10. The molecule has 0 saturated heterocycles. The number of rotatable bonds is 3. The van der Waals surface area contributed by atoms with E-state index < -0.39 is 11.6 Å². The van der Waals surface area contributed by atoms with E-state index in [0.29, 0.717) is 11.1 Å². The van der Waals surface area contributed by atoms with E-state index in [-0.39, 0.29) is 23.2 Å². The van der Waals surface area contributed by atoms with Gasteiger partial charge in [-0.1, -0.05) is 49.6 Å². The highest BCUT2D eigenvalue weighted by Crippen LogP contribution is 2.40. The van der Waals surface area contributed by atoms with Gasteiger partial charge < -0.3 is 5.11 Å². The molecule has 22 heavy (non-hydrogen) atoms. The first kappa shape index (κ1) is 14.8. The van der Waals surface area contributed by atoms with Gasteiger partial charge in [-0.05, 0) is 18.8 Å². The number of aliphatic hydroxyl groups is 1. The Balaban J connectivity index is 2.09. The number of benzene rings is 1. The highest BCUT2D eigenvalue weighted by Gasteiger charge is 2.38. The Morgan fingerprint density at radius 1 is 1.05 bits per heavy atom. The number of carbonyl (C=O) groups is 2. The molecule has 1 aromatic carbocycles. The summed E-state index contributed by atoms with van der Waals surface area (Å²) in [5.41, 5.74) is 0.996. The van der Waals surface area contributed by atoms with E-state index in [2.05, 4.69) is 6.58 Å². The van der Waals surface area contributed by atoms with Crippen LogP contribution in [0.5, 0.6) is 0 Å². The molecule has 3 rings (SSSR count). The van der Waals surface area contributed by atoms with Gasteiger partial charge >= 0.3 is 0 Å². The summed E-state index contributed by atoms with van der Waals surface area (Å²) in [5, 5.41) is 10.6. The lowest BCUT2D eigenvalue weighted by molar-refractivity contribution is -0.112. The molecule has 1 atom stereocenters. The van der Waals surface area contributed by atoms with Gasteiger partial charge in [-0.15, -0.1) is 6.58 Å². The van der Waals surface area contributed by atoms with Gasteiger partial charge in [0.25, 0.3) is 0 Å². The Kier molecular flexibility index (Phi) is 3.97. The Morgan fingerprint density at radius 3 is 2.32 bits per heavy atom. The predicted molar refractivity (Wildman–Crippen MR) is 85.6 cm³/mol. The standard InChI is InChI=1S/C19H20O3/c1-2-13(12-8-4-3-5-9-12)16-17(20)14-10-6-7-11-15(14)18(21)19(16)22/h2,6-7,10-13,20H,1,3-5,8-9H2. The highest BCUT2D eigenvalue weighted by atomic mass is 16.3. The van der Waals surface area contributed by atoms with Crippen LogP contribution in [0, 0.1) is 11.8 Å². The van der Waals surface area contributed by atoms with Gasteiger partial charge in [0.15, 0.2) is 0 Å². The quantitative estimate of drug-likeness (QED) is 0.674. The minimum atomic E-state index is -0.577. The number of hydrogen-bond acceptors (Lipinski definition) is 3. The number of Topliss-reactive ketones (excluding diaryl/α,β-unsaturated/α-hetero) is 2. The van der Waals surface area contributed by atoms with Gasteiger partial charge in [0, 0.05) is 17.0 Å². The summed E-state index contributed by atoms with van der Waals surface area (Å²) in [6.07, 6.45) is 7.21. The van der Waals surface area contributed by atoms with Crippen molar-refractivity contribution in [3.63, 3.8) is 0 Å². The van der Waals surface area contributed by atoms with Gasteiger partial charge in [-0.25, -0.2) is 0 Å². The van der Waals surface area contributed by atoms with Crippen molar-refractivity contribution in [3.05, 3.63) is 53.6 Å². The van der Waals surface area contributed by atoms with Crippen molar-refractivity contribution >= 4 is 17.3 Å². The maximum Gasteiger partial charge on any atom is 0.234 e. The van der Waals surface area contributed by atoms with E-state index in [0.717, 1.165) is 25.7 Å². The van der Waals surface area contributed by atoms with E-state index in [9.17, 15) is 14.7 Å². The van der Waals surface area contributed by atoms with Crippen LogP contribution in [-0.2, 0) is 4.79 Å². The summed E-state index contributed by atoms with van der Waals surface area (Å²) < 4.78 is 0. The molecule has 1 unspecified atom stereocenters. The zero-order valence-corrected chi connectivity index (χ0v) is 12.5. The van der Waals surface area contributed by atoms with Crippen LogP contribution in [0.4, 0.5) is 0 Å². The molecule has 1 fully saturated rings. The van der Waals surface area contributed by atoms with E-state index in [1.165, 1.54) is 6.42 Å². The summed E-state index contributed by atoms with van der Waals surface area (Å²) in [6.45, 7) is 3.85. The molecule has 0 amide bonds. The second-order valence-electron chi connectivity index (χ2n) is 6.13. The first-order valence-corrected chi connectivity index (χ1v) is 7.89. The molecule has 0 radical (unpaired) electrons. The van der Waals surface area contributed by atoms with Crippen molar-refractivity contribution in [2.75, 3.05) is 0 Å². The number of ketones is 2. The fraction of sp³-hybridized carbons (Fsp3) is 0.368. The molecular formula is C19H20O3. The molecule has 114 valence electrons. The maximum absolute atomic E-state index is 12.5. The third kappa shape index (κ3) is 2.31. The molecular weight excluding hydrogens is 276 g/mol. The van der Waals surface area contributed by atoms with Crippen molar-refractivity contribution < 1.29 is 14.7 Å². The molecule has 0 bridgehead atoms. The molecule has 0 aliphatic heterocycles. The lowest BCUT2D eigenvalue weighted by Crippen LogP contribution is -2.31. The Morgan fingerprint density at radius 2 is 1.68 bits per heavy atom. The molecule has 0 aromatic heterocycles. The minimum Gasteiger partial charge on any atom is -0.507 e. The van der Waals surface area contributed by atoms with Gasteiger partial charge in [-0.3, -0.25) is 9.59 Å². The van der Waals surface area contributed by atoms with Crippen LogP contribution in [0.15, 0.2) is 42.5 Å². The van der Waals surface area contributed by atoms with E-state index >= 15 is 0 Å². The topological polar surface area (TPSA) is 54.4 Å². The van der Waals surface area contributed by atoms with Gasteiger partial charge in [0.2, 0.25) is 11.6 Å². The Bertz CT molecular complexity index is 663. The van der Waals surface area contributed by atoms with Crippen LogP contribution in [0.25, 0.3) is 5.76 Å². The number of aliphatic hydroxyl groups excluding tert-OH is 1. The van der Waals surface area contributed by atoms with Crippen molar-refractivity contribution in [1.29, 1.82) is 0 Å². The molecule has 1 N–H and O–H groups in total. The molecule has 3 nitrogen and oxygen atoms in total. The summed E-state index contributed by atoms with van der Waals surface area (Å²) >= 11 is 0. The number of fused-ring (bicyclic) bond motifs is 1. The zero-order valence-electron chi connectivity index (χ0n) is 12.5. The second-order valence-corrected chi connectivity index (χ2v) is 6.13. The van der Waals surface area contributed by atoms with Crippen LogP contribution in [0.1, 0.15) is 48.0 Å². The Hall–Kier alpha value is -2.16. The third-order valence-electron chi connectivity index (χ3n) is 4.88. The molecule has 2 aliphatic carbocycles. The van der Waals surface area contributed by atoms with Crippen molar-refractivity contribution in [3.8, 4) is 0 Å². The van der Waals surface area contributed by atoms with Crippen LogP contribution >= 0.6 is 0 Å². The Labute approximate surface area is 130 Å². The van der Waals surface area contributed by atoms with Crippen molar-refractivity contribution in [2.24, 2.45) is 11.8 Å². The summed E-state index contributed by atoms with van der Waals surface area (Å²) in [6, 6.07) is 6.75. The SMILES string of the molecule is C=CC(C1=C(O)c2ccccc2C(=O)C1=O)C1CCCCC1. The average molecular weight is 296 g/mol.